The zero-order valence-electron chi connectivity index (χ0n) is 34.1. The highest BCUT2D eigenvalue weighted by Gasteiger charge is 2.27. The van der Waals surface area contributed by atoms with Crippen LogP contribution in [-0.2, 0) is 20.7 Å². The number of aromatic nitrogens is 1. The molecule has 0 unspecified atom stereocenters. The maximum absolute atomic E-state index is 12.9. The molecule has 3 heterocycles. The number of aryl methyl sites for hydroxylation is 1. The smallest absolute Gasteiger partial charge is 0.307 e. The van der Waals surface area contributed by atoms with Crippen molar-refractivity contribution in [2.75, 3.05) is 55.9 Å². The number of esters is 1. The highest BCUT2D eigenvalue weighted by Crippen LogP contribution is 2.29. The average molecular weight is 755 g/mol. The number of piperazine rings is 1. The zero-order chi connectivity index (χ0) is 38.3. The van der Waals surface area contributed by atoms with Crippen LogP contribution in [0.1, 0.15) is 147 Å². The first-order valence-corrected chi connectivity index (χ1v) is 22.2. The Bertz CT molecular complexity index is 1550. The van der Waals surface area contributed by atoms with Gasteiger partial charge in [0.05, 0.1) is 6.61 Å². The van der Waals surface area contributed by atoms with Crippen LogP contribution in [0, 0.1) is 0 Å². The van der Waals surface area contributed by atoms with E-state index in [1.807, 2.05) is 12.1 Å². The maximum atomic E-state index is 12.9. The Kier molecular flexibility index (Phi) is 19.1. The van der Waals surface area contributed by atoms with Crippen molar-refractivity contribution in [3.05, 3.63) is 60.2 Å². The molecule has 2 aliphatic heterocycles. The van der Waals surface area contributed by atoms with Gasteiger partial charge in [0.25, 0.3) is 0 Å². The Hall–Kier alpha value is -3.65. The van der Waals surface area contributed by atoms with Gasteiger partial charge in [0, 0.05) is 56.2 Å². The van der Waals surface area contributed by atoms with E-state index < -0.39 is 0 Å². The van der Waals surface area contributed by atoms with Gasteiger partial charge in [-0.1, -0.05) is 146 Å². The number of amides is 1. The fraction of sp³-hybridized carbons (Fsp3) is 0.638. The molecule has 2 aromatic carbocycles. The van der Waals surface area contributed by atoms with Crippen molar-refractivity contribution in [2.24, 2.45) is 0 Å². The van der Waals surface area contributed by atoms with Gasteiger partial charge in [0.2, 0.25) is 11.8 Å². The third kappa shape index (κ3) is 14.7. The molecule has 0 spiro atoms. The lowest BCUT2D eigenvalue weighted by Gasteiger charge is -2.36. The van der Waals surface area contributed by atoms with E-state index in [0.717, 1.165) is 64.0 Å². The number of benzene rings is 2. The molecule has 0 bridgehead atoms. The molecule has 5 rings (SSSR count). The number of anilines is 2. The zero-order valence-corrected chi connectivity index (χ0v) is 34.1. The number of hydrogen-bond donors (Lipinski definition) is 0. The first kappa shape index (κ1) is 42.5. The Morgan fingerprint density at radius 3 is 2.00 bits per heavy atom. The molecular weight excluding hydrogens is 685 g/mol. The van der Waals surface area contributed by atoms with E-state index in [2.05, 4.69) is 59.2 Å². The van der Waals surface area contributed by atoms with E-state index in [9.17, 15) is 9.59 Å². The molecule has 2 aliphatic rings. The number of nitrogens with zero attached hydrogens (tertiary/aromatic N) is 4. The van der Waals surface area contributed by atoms with Gasteiger partial charge in [-0.05, 0) is 55.3 Å². The largest absolute Gasteiger partial charge is 0.478 e. The lowest BCUT2D eigenvalue weighted by Crippen LogP contribution is -2.46. The van der Waals surface area contributed by atoms with Crippen LogP contribution in [0.4, 0.5) is 11.5 Å². The van der Waals surface area contributed by atoms with Crippen molar-refractivity contribution >= 4 is 34.2 Å². The number of carbonyl (C=O) groups excluding carboxylic acids is 2. The fourth-order valence-corrected chi connectivity index (χ4v) is 8.11. The van der Waals surface area contributed by atoms with Crippen molar-refractivity contribution in [3.8, 4) is 5.88 Å². The number of ether oxygens (including phenoxy) is 2. The molecule has 302 valence electrons. The van der Waals surface area contributed by atoms with Crippen molar-refractivity contribution in [3.63, 3.8) is 0 Å². The van der Waals surface area contributed by atoms with Gasteiger partial charge in [0.1, 0.15) is 5.82 Å². The summed E-state index contributed by atoms with van der Waals surface area (Å²) in [6.45, 7) is 8.01. The lowest BCUT2D eigenvalue weighted by atomic mass is 10.0. The molecule has 1 aromatic heterocycles. The van der Waals surface area contributed by atoms with Gasteiger partial charge < -0.3 is 14.4 Å². The second kappa shape index (κ2) is 24.8. The molecule has 0 atom stereocenters. The number of hydrogen-bond acceptors (Lipinski definition) is 7. The highest BCUT2D eigenvalue weighted by molar-refractivity contribution is 5.95. The monoisotopic (exact) mass is 755 g/mol. The van der Waals surface area contributed by atoms with E-state index in [4.69, 9.17) is 14.5 Å². The van der Waals surface area contributed by atoms with Crippen LogP contribution < -0.4 is 14.5 Å². The Labute approximate surface area is 332 Å². The van der Waals surface area contributed by atoms with E-state index in [-0.39, 0.29) is 18.6 Å². The average Bonchev–Trinajstić information content (AvgIpc) is 3.21. The Morgan fingerprint density at radius 2 is 1.31 bits per heavy atom. The van der Waals surface area contributed by atoms with Crippen molar-refractivity contribution in [1.82, 2.24) is 9.88 Å². The lowest BCUT2D eigenvalue weighted by molar-refractivity contribution is -0.144. The third-order valence-electron chi connectivity index (χ3n) is 11.5. The van der Waals surface area contributed by atoms with Gasteiger partial charge >= 0.3 is 5.97 Å². The first-order valence-electron chi connectivity index (χ1n) is 22.2. The van der Waals surface area contributed by atoms with E-state index in [1.165, 1.54) is 118 Å². The van der Waals surface area contributed by atoms with Gasteiger partial charge in [-0.3, -0.25) is 19.4 Å². The molecule has 0 saturated carbocycles. The first-order chi connectivity index (χ1) is 27.1. The summed E-state index contributed by atoms with van der Waals surface area (Å²) < 4.78 is 11.6. The molecule has 0 radical (unpaired) electrons. The molecule has 8 nitrogen and oxygen atoms in total. The second-order valence-electron chi connectivity index (χ2n) is 15.9. The van der Waals surface area contributed by atoms with Gasteiger partial charge in [-0.25, -0.2) is 0 Å². The summed E-state index contributed by atoms with van der Waals surface area (Å²) >= 11 is 0. The standard InChI is InChI=1S/C47H70N4O4/c1-2-3-4-5-6-7-8-9-10-11-12-13-14-15-16-17-18-28-46(53)55-39-51-45(52)32-30-41-29-31-44(48-47(41)51)54-38-22-21-33-49-34-36-50(37-35-49)43-27-23-25-40-24-19-20-26-42(40)43/h19-20,23-27,29,31H,2-18,21-22,28,30,32-39H2,1H3. The minimum atomic E-state index is -0.247. The SMILES string of the molecule is CCCCCCCCCCCCCCCCCCCC(=O)OCN1C(=O)CCc2ccc(OCCCCN3CCN(c4cccc5ccccc45)CC3)nc21. The predicted octanol–water partition coefficient (Wildman–Crippen LogP) is 11.0. The molecule has 8 heteroatoms. The number of unbranched alkanes of at least 4 members (excludes halogenated alkanes) is 17. The van der Waals surface area contributed by atoms with Gasteiger partial charge in [-0.2, -0.15) is 4.98 Å². The molecule has 55 heavy (non-hydrogen) atoms. The molecule has 3 aromatic rings. The fourth-order valence-electron chi connectivity index (χ4n) is 8.11. The van der Waals surface area contributed by atoms with Crippen molar-refractivity contribution < 1.29 is 19.1 Å². The van der Waals surface area contributed by atoms with Crippen LogP contribution in [-0.4, -0.2) is 67.8 Å². The molecule has 1 saturated heterocycles. The van der Waals surface area contributed by atoms with E-state index in [0.29, 0.717) is 37.6 Å². The summed E-state index contributed by atoms with van der Waals surface area (Å²) in [6, 6.07) is 19.1. The second-order valence-corrected chi connectivity index (χ2v) is 15.9. The van der Waals surface area contributed by atoms with Crippen LogP contribution in [0.5, 0.6) is 5.88 Å². The van der Waals surface area contributed by atoms with Crippen LogP contribution in [0.3, 0.4) is 0 Å². The van der Waals surface area contributed by atoms with Crippen LogP contribution in [0.25, 0.3) is 10.8 Å². The number of fused-ring (bicyclic) bond motifs is 2. The molecule has 1 fully saturated rings. The summed E-state index contributed by atoms with van der Waals surface area (Å²) in [6.07, 6.45) is 25.7. The molecule has 0 aliphatic carbocycles. The summed E-state index contributed by atoms with van der Waals surface area (Å²) in [7, 11) is 0. The minimum absolute atomic E-state index is 0.0664. The third-order valence-corrected chi connectivity index (χ3v) is 11.5. The van der Waals surface area contributed by atoms with E-state index >= 15 is 0 Å². The number of rotatable bonds is 27. The maximum Gasteiger partial charge on any atom is 0.307 e. The summed E-state index contributed by atoms with van der Waals surface area (Å²) in [5, 5.41) is 2.63. The summed E-state index contributed by atoms with van der Waals surface area (Å²) in [5.41, 5.74) is 2.32. The molecular formula is C47H70N4O4. The summed E-state index contributed by atoms with van der Waals surface area (Å²) in [5.74, 6) is 0.756. The molecule has 1 amide bonds. The Balaban J connectivity index is 0.890. The molecule has 0 N–H and O–H groups in total. The minimum Gasteiger partial charge on any atom is -0.478 e. The highest BCUT2D eigenvalue weighted by atomic mass is 16.5. The van der Waals surface area contributed by atoms with Crippen LogP contribution >= 0.6 is 0 Å². The summed E-state index contributed by atoms with van der Waals surface area (Å²) in [4.78, 5) is 36.7. The van der Waals surface area contributed by atoms with Crippen LogP contribution in [0.2, 0.25) is 0 Å². The van der Waals surface area contributed by atoms with Crippen molar-refractivity contribution in [2.45, 2.75) is 148 Å². The predicted molar refractivity (Wildman–Crippen MR) is 227 cm³/mol. The number of pyridine rings is 1. The normalized spacial score (nSPS) is 14.7. The number of carbonyl (C=O) groups is 2. The Morgan fingerprint density at radius 1 is 0.673 bits per heavy atom. The van der Waals surface area contributed by atoms with Gasteiger partial charge in [0.15, 0.2) is 6.73 Å². The topological polar surface area (TPSA) is 75.2 Å². The van der Waals surface area contributed by atoms with Crippen molar-refractivity contribution in [1.29, 1.82) is 0 Å². The van der Waals surface area contributed by atoms with E-state index in [1.54, 1.807) is 0 Å². The van der Waals surface area contributed by atoms with Gasteiger partial charge in [-0.15, -0.1) is 0 Å². The van der Waals surface area contributed by atoms with Crippen LogP contribution in [0.15, 0.2) is 54.6 Å². The quantitative estimate of drug-likeness (QED) is 0.0566.